The molecule has 0 saturated carbocycles. The average Bonchev–Trinajstić information content (AvgIpc) is 3.43. The van der Waals surface area contributed by atoms with Crippen LogP contribution in [0, 0.1) is 0 Å². The van der Waals surface area contributed by atoms with E-state index in [9.17, 15) is 26.4 Å². The molecule has 9 nitrogen and oxygen atoms in total. The lowest BCUT2D eigenvalue weighted by molar-refractivity contribution is -0.137. The zero-order valence-corrected chi connectivity index (χ0v) is 20.7. The Balaban J connectivity index is 1.42. The fraction of sp³-hybridized carbons (Fsp3) is 0.273. The maximum atomic E-state index is 12.8. The van der Waals surface area contributed by atoms with Crippen molar-refractivity contribution >= 4 is 48.9 Å². The van der Waals surface area contributed by atoms with E-state index in [0.717, 1.165) is 23.3 Å². The molecule has 0 spiro atoms. The van der Waals surface area contributed by atoms with Crippen molar-refractivity contribution in [3.8, 4) is 0 Å². The van der Waals surface area contributed by atoms with Gasteiger partial charge >= 0.3 is 6.18 Å². The van der Waals surface area contributed by atoms with Crippen molar-refractivity contribution in [2.45, 2.75) is 25.7 Å². The number of fused-ring (bicyclic) bond motifs is 1. The number of nitrogens with one attached hydrogen (secondary N) is 2. The molecule has 3 aromatic heterocycles. The lowest BCUT2D eigenvalue weighted by atomic mass is 10.2. The monoisotopic (exact) mass is 538 g/mol. The molecule has 36 heavy (non-hydrogen) atoms. The summed E-state index contributed by atoms with van der Waals surface area (Å²) in [6.07, 6.45) is 1.27. The Kier molecular flexibility index (Phi) is 7.00. The first-order valence-electron chi connectivity index (χ1n) is 10.6. The van der Waals surface area contributed by atoms with Gasteiger partial charge in [-0.15, -0.1) is 0 Å². The zero-order chi connectivity index (χ0) is 26.1. The minimum absolute atomic E-state index is 0.0619. The normalized spacial score (nSPS) is 13.0. The number of pyridine rings is 1. The summed E-state index contributed by atoms with van der Waals surface area (Å²) in [7, 11) is -3.17. The molecule has 3 heterocycles. The maximum absolute atomic E-state index is 12.8. The molecule has 0 unspecified atom stereocenters. The lowest BCUT2D eigenvalue weighted by Crippen LogP contribution is -2.27. The fourth-order valence-corrected chi connectivity index (χ4v) is 4.65. The minimum atomic E-state index is -4.41. The Morgan fingerprint density at radius 2 is 1.86 bits per heavy atom. The molecule has 190 valence electrons. The highest BCUT2D eigenvalue weighted by Gasteiger charge is 2.30. The average molecular weight is 539 g/mol. The van der Waals surface area contributed by atoms with Crippen molar-refractivity contribution in [1.82, 2.24) is 24.8 Å². The summed E-state index contributed by atoms with van der Waals surface area (Å²) in [4.78, 5) is 26.1. The highest BCUT2D eigenvalue weighted by atomic mass is 32.2. The quantitative estimate of drug-likeness (QED) is 0.345. The highest BCUT2D eigenvalue weighted by Crippen LogP contribution is 2.31. The van der Waals surface area contributed by atoms with E-state index in [4.69, 9.17) is 0 Å². The summed E-state index contributed by atoms with van der Waals surface area (Å²) in [5, 5.41) is 6.25. The molecule has 4 rings (SSSR count). The first-order chi connectivity index (χ1) is 16.9. The molecule has 1 atom stereocenters. The smallest absolute Gasteiger partial charge is 0.343 e. The molecule has 2 N–H and O–H groups in total. The van der Waals surface area contributed by atoms with E-state index >= 15 is 0 Å². The van der Waals surface area contributed by atoms with Crippen LogP contribution in [0.2, 0.25) is 0 Å². The van der Waals surface area contributed by atoms with E-state index in [1.165, 1.54) is 36.0 Å². The van der Waals surface area contributed by atoms with Gasteiger partial charge in [0.25, 0.3) is 5.91 Å². The highest BCUT2D eigenvalue weighted by molar-refractivity contribution is 7.90. The zero-order valence-electron chi connectivity index (χ0n) is 19.1. The van der Waals surface area contributed by atoms with E-state index in [0.29, 0.717) is 21.9 Å². The van der Waals surface area contributed by atoms with Crippen LogP contribution in [0.4, 0.5) is 24.0 Å². The molecular formula is C22H21F3N6O3S2. The number of anilines is 2. The fourth-order valence-electron chi connectivity index (χ4n) is 3.28. The molecule has 4 aromatic rings. The lowest BCUT2D eigenvalue weighted by Gasteiger charge is -2.11. The molecule has 1 aromatic carbocycles. The minimum Gasteiger partial charge on any atom is -0.343 e. The molecule has 0 bridgehead atoms. The number of carbonyl (C=O) groups excluding carboxylic acids is 1. The van der Waals surface area contributed by atoms with Gasteiger partial charge in [-0.2, -0.15) is 13.2 Å². The summed E-state index contributed by atoms with van der Waals surface area (Å²) < 4.78 is 62.8. The van der Waals surface area contributed by atoms with Crippen LogP contribution < -0.4 is 10.6 Å². The predicted molar refractivity (Wildman–Crippen MR) is 130 cm³/mol. The number of aryl methyl sites for hydroxylation is 1. The van der Waals surface area contributed by atoms with Gasteiger partial charge in [0.1, 0.15) is 21.0 Å². The number of imidazole rings is 1. The number of amides is 1. The Hall–Kier alpha value is -3.52. The molecule has 14 heteroatoms. The van der Waals surface area contributed by atoms with Crippen LogP contribution in [-0.2, 0) is 22.6 Å². The van der Waals surface area contributed by atoms with Crippen LogP contribution >= 0.6 is 11.3 Å². The third-order valence-electron chi connectivity index (χ3n) is 5.20. The van der Waals surface area contributed by atoms with Gasteiger partial charge in [0.2, 0.25) is 0 Å². The standard InChI is InChI=1S/C22H21F3N6O3S2/c1-13(19-11-27-21(35-19)30-15-5-3-14(4-6-15)22(23,24)25)29-20(32)16-9-18-17(10-26-16)28-12-31(18)7-8-36(2,33)34/h3-6,9-13H,7-8H2,1-2H3,(H,27,30)(H,29,32)/t13-/m1/s1. The number of benzene rings is 1. The van der Waals surface area contributed by atoms with E-state index in [-0.39, 0.29) is 18.0 Å². The van der Waals surface area contributed by atoms with Crippen LogP contribution in [0.5, 0.6) is 0 Å². The van der Waals surface area contributed by atoms with Crippen molar-refractivity contribution < 1.29 is 26.4 Å². The van der Waals surface area contributed by atoms with Crippen molar-refractivity contribution in [2.24, 2.45) is 0 Å². The largest absolute Gasteiger partial charge is 0.416 e. The number of rotatable bonds is 8. The van der Waals surface area contributed by atoms with Crippen LogP contribution in [0.25, 0.3) is 11.0 Å². The van der Waals surface area contributed by atoms with Gasteiger partial charge in [0, 0.05) is 29.6 Å². The van der Waals surface area contributed by atoms with Gasteiger partial charge in [-0.05, 0) is 37.3 Å². The van der Waals surface area contributed by atoms with Gasteiger partial charge in [-0.3, -0.25) is 4.79 Å². The number of sulfone groups is 1. The van der Waals surface area contributed by atoms with E-state index in [2.05, 4.69) is 25.6 Å². The number of nitrogens with zero attached hydrogens (tertiary/aromatic N) is 4. The van der Waals surface area contributed by atoms with E-state index in [1.807, 2.05) is 0 Å². The molecule has 0 fully saturated rings. The Bertz CT molecular complexity index is 1500. The summed E-state index contributed by atoms with van der Waals surface area (Å²) in [5.41, 5.74) is 0.977. The first-order valence-corrected chi connectivity index (χ1v) is 13.5. The van der Waals surface area contributed by atoms with Crippen molar-refractivity contribution in [3.63, 3.8) is 0 Å². The van der Waals surface area contributed by atoms with Gasteiger partial charge in [0.05, 0.1) is 35.4 Å². The summed E-state index contributed by atoms with van der Waals surface area (Å²) >= 11 is 1.25. The van der Waals surface area contributed by atoms with Gasteiger partial charge < -0.3 is 15.2 Å². The molecule has 0 radical (unpaired) electrons. The summed E-state index contributed by atoms with van der Waals surface area (Å²) in [6.45, 7) is 1.97. The van der Waals surface area contributed by atoms with Crippen LogP contribution in [0.3, 0.4) is 0 Å². The van der Waals surface area contributed by atoms with Gasteiger partial charge in [-0.1, -0.05) is 11.3 Å². The Morgan fingerprint density at radius 3 is 2.53 bits per heavy atom. The molecule has 0 saturated heterocycles. The van der Waals surface area contributed by atoms with Crippen LogP contribution in [0.1, 0.15) is 33.9 Å². The second-order valence-corrected chi connectivity index (χ2v) is 11.4. The van der Waals surface area contributed by atoms with Gasteiger partial charge in [0.15, 0.2) is 5.13 Å². The maximum Gasteiger partial charge on any atom is 0.416 e. The number of carbonyl (C=O) groups is 1. The Labute approximate surface area is 208 Å². The number of hydrogen-bond donors (Lipinski definition) is 2. The first kappa shape index (κ1) is 25.6. The van der Waals surface area contributed by atoms with Crippen LogP contribution in [-0.4, -0.2) is 45.9 Å². The SMILES string of the molecule is C[C@@H](NC(=O)c1cc2c(cn1)ncn2CCS(C)(=O)=O)c1cnc(Nc2ccc(C(F)(F)F)cc2)s1. The molecule has 1 amide bonds. The number of halogens is 3. The van der Waals surface area contributed by atoms with Crippen LogP contribution in [0.15, 0.2) is 49.1 Å². The number of hydrogen-bond acceptors (Lipinski definition) is 8. The summed E-state index contributed by atoms with van der Waals surface area (Å²) in [5.74, 6) is -0.501. The third kappa shape index (κ3) is 6.18. The molecule has 0 aliphatic heterocycles. The molecule has 0 aliphatic rings. The third-order valence-corrected chi connectivity index (χ3v) is 7.22. The summed E-state index contributed by atoms with van der Waals surface area (Å²) in [6, 6.07) is 5.73. The van der Waals surface area contributed by atoms with Crippen molar-refractivity contribution in [2.75, 3.05) is 17.3 Å². The Morgan fingerprint density at radius 1 is 1.14 bits per heavy atom. The van der Waals surface area contributed by atoms with Crippen molar-refractivity contribution in [3.05, 3.63) is 65.2 Å². The second kappa shape index (κ2) is 9.85. The van der Waals surface area contributed by atoms with Crippen molar-refractivity contribution in [1.29, 1.82) is 0 Å². The van der Waals surface area contributed by atoms with E-state index in [1.54, 1.807) is 23.8 Å². The molecule has 0 aliphatic carbocycles. The predicted octanol–water partition coefficient (Wildman–Crippen LogP) is 4.19. The van der Waals surface area contributed by atoms with E-state index < -0.39 is 33.5 Å². The number of thiazole rings is 1. The number of alkyl halides is 3. The topological polar surface area (TPSA) is 119 Å². The van der Waals surface area contributed by atoms with Gasteiger partial charge in [-0.25, -0.2) is 23.4 Å². The second-order valence-electron chi connectivity index (χ2n) is 8.09. The number of aromatic nitrogens is 4. The molecular weight excluding hydrogens is 517 g/mol.